The van der Waals surface area contributed by atoms with Gasteiger partial charge in [0.05, 0.1) is 0 Å². The van der Waals surface area contributed by atoms with Crippen LogP contribution in [0.25, 0.3) is 22.3 Å². The van der Waals surface area contributed by atoms with Crippen LogP contribution in [0.15, 0.2) is 97.1 Å². The highest BCUT2D eigenvalue weighted by Gasteiger charge is 2.39. The molecule has 4 aromatic rings. The normalized spacial score (nSPS) is 12.9. The third-order valence-electron chi connectivity index (χ3n) is 10.6. The summed E-state index contributed by atoms with van der Waals surface area (Å²) in [6, 6.07) is 32.1. The predicted molar refractivity (Wildman–Crippen MR) is 222 cm³/mol. The molecule has 0 heterocycles. The Kier molecular flexibility index (Phi) is 13.5. The van der Waals surface area contributed by atoms with E-state index in [0.29, 0.717) is 0 Å². The maximum atomic E-state index is 13.1. The van der Waals surface area contributed by atoms with E-state index in [9.17, 15) is 29.1 Å². The van der Waals surface area contributed by atoms with Crippen LogP contribution in [0.1, 0.15) is 87.0 Å². The highest BCUT2D eigenvalue weighted by molar-refractivity contribution is 5.87. The summed E-state index contributed by atoms with van der Waals surface area (Å²) in [5.41, 5.74) is 6.29. The van der Waals surface area contributed by atoms with E-state index in [-0.39, 0.29) is 76.8 Å². The summed E-state index contributed by atoms with van der Waals surface area (Å²) >= 11 is 0. The Morgan fingerprint density at radius 1 is 0.559 bits per heavy atom. The van der Waals surface area contributed by atoms with E-state index in [2.05, 4.69) is 45.5 Å². The molecule has 310 valence electrons. The van der Waals surface area contributed by atoms with Crippen molar-refractivity contribution in [3.8, 4) is 22.3 Å². The number of carbonyl (C=O) groups is 5. The number of benzene rings is 4. The zero-order valence-corrected chi connectivity index (χ0v) is 33.7. The molecular weight excluding hydrogens is 753 g/mol. The number of alkyl carbamates (subject to hydrolysis) is 3. The molecule has 0 spiro atoms. The molecule has 13 nitrogen and oxygen atoms in total. The van der Waals surface area contributed by atoms with Crippen molar-refractivity contribution in [2.24, 2.45) is 0 Å². The zero-order chi connectivity index (χ0) is 42.0. The van der Waals surface area contributed by atoms with Crippen LogP contribution in [0.3, 0.4) is 0 Å². The molecule has 0 saturated heterocycles. The molecule has 5 N–H and O–H groups in total. The minimum absolute atomic E-state index is 0.0395. The van der Waals surface area contributed by atoms with Crippen molar-refractivity contribution < 1.29 is 43.3 Å². The second-order valence-electron chi connectivity index (χ2n) is 15.8. The van der Waals surface area contributed by atoms with Crippen LogP contribution in [-0.2, 0) is 23.8 Å². The molecule has 2 aliphatic carbocycles. The van der Waals surface area contributed by atoms with Crippen molar-refractivity contribution in [2.45, 2.75) is 75.9 Å². The number of carboxylic acids is 1. The maximum Gasteiger partial charge on any atom is 0.407 e. The van der Waals surface area contributed by atoms with Crippen LogP contribution in [0.2, 0.25) is 0 Å². The number of hydrogen-bond donors (Lipinski definition) is 5. The van der Waals surface area contributed by atoms with Crippen LogP contribution in [0, 0.1) is 0 Å². The number of ether oxygens (including phenoxy) is 3. The van der Waals surface area contributed by atoms with Gasteiger partial charge in [-0.1, -0.05) is 97.1 Å². The summed E-state index contributed by atoms with van der Waals surface area (Å²) < 4.78 is 16.5. The summed E-state index contributed by atoms with van der Waals surface area (Å²) in [6.45, 7) is 5.48. The Labute approximate surface area is 344 Å². The first-order valence-corrected chi connectivity index (χ1v) is 20.0. The average molecular weight is 805 g/mol. The van der Waals surface area contributed by atoms with Gasteiger partial charge in [-0.15, -0.1) is 0 Å². The predicted octanol–water partition coefficient (Wildman–Crippen LogP) is 7.48. The van der Waals surface area contributed by atoms with Crippen molar-refractivity contribution in [2.75, 3.05) is 32.8 Å². The van der Waals surface area contributed by atoms with Gasteiger partial charge < -0.3 is 40.6 Å². The van der Waals surface area contributed by atoms with E-state index in [4.69, 9.17) is 14.2 Å². The van der Waals surface area contributed by atoms with Crippen LogP contribution < -0.4 is 21.3 Å². The Hall–Kier alpha value is -6.37. The molecule has 2 aliphatic rings. The van der Waals surface area contributed by atoms with Crippen molar-refractivity contribution >= 4 is 30.2 Å². The molecule has 0 saturated carbocycles. The minimum atomic E-state index is -1.74. The van der Waals surface area contributed by atoms with Gasteiger partial charge in [0.15, 0.2) is 0 Å². The molecule has 0 fully saturated rings. The fourth-order valence-electron chi connectivity index (χ4n) is 7.90. The molecule has 13 heteroatoms. The molecule has 0 unspecified atom stereocenters. The molecule has 4 amide bonds. The lowest BCUT2D eigenvalue weighted by Crippen LogP contribution is -2.55. The van der Waals surface area contributed by atoms with Gasteiger partial charge in [-0.3, -0.25) is 4.79 Å². The molecule has 0 aromatic heterocycles. The van der Waals surface area contributed by atoms with Gasteiger partial charge in [0.1, 0.15) is 24.4 Å². The first kappa shape index (κ1) is 42.2. The lowest BCUT2D eigenvalue weighted by atomic mass is 9.87. The lowest BCUT2D eigenvalue weighted by Gasteiger charge is -2.31. The number of aliphatic carboxylic acids is 1. The van der Waals surface area contributed by atoms with Gasteiger partial charge in [-0.05, 0) is 91.0 Å². The molecule has 0 bridgehead atoms. The zero-order valence-electron chi connectivity index (χ0n) is 33.7. The fraction of sp³-hybridized carbons (Fsp3) is 0.370. The Morgan fingerprint density at radius 2 is 0.932 bits per heavy atom. The van der Waals surface area contributed by atoms with E-state index in [0.717, 1.165) is 44.5 Å². The summed E-state index contributed by atoms with van der Waals surface area (Å²) in [7, 11) is 0. The van der Waals surface area contributed by atoms with Gasteiger partial charge >= 0.3 is 24.2 Å². The van der Waals surface area contributed by atoms with Crippen molar-refractivity contribution in [1.82, 2.24) is 21.3 Å². The number of amides is 4. The van der Waals surface area contributed by atoms with Crippen LogP contribution in [-0.4, -0.2) is 79.3 Å². The monoisotopic (exact) mass is 804 g/mol. The van der Waals surface area contributed by atoms with E-state index in [1.54, 1.807) is 20.8 Å². The molecule has 59 heavy (non-hydrogen) atoms. The van der Waals surface area contributed by atoms with Crippen LogP contribution >= 0.6 is 0 Å². The number of hydrogen-bond acceptors (Lipinski definition) is 8. The highest BCUT2D eigenvalue weighted by atomic mass is 16.6. The molecular formula is C46H52N4O9. The lowest BCUT2D eigenvalue weighted by molar-refractivity contribution is -0.148. The number of carbonyl (C=O) groups excluding carboxylic acids is 4. The van der Waals surface area contributed by atoms with Gasteiger partial charge in [0.2, 0.25) is 5.91 Å². The number of fused-ring (bicyclic) bond motifs is 6. The van der Waals surface area contributed by atoms with Crippen LogP contribution in [0.5, 0.6) is 0 Å². The number of carboxylic acid groups (broad SMARTS) is 1. The fourth-order valence-corrected chi connectivity index (χ4v) is 7.90. The SMILES string of the molecule is CC(C)(C)OC(=O)NCCC(=O)NC(CCCNC(=O)OCC1c2ccccc2-c2ccccc21)(CCCNC(=O)OCC1c2ccccc2-c2ccccc21)C(=O)O. The second-order valence-corrected chi connectivity index (χ2v) is 15.8. The Balaban J connectivity index is 1.01. The van der Waals surface area contributed by atoms with E-state index in [1.807, 2.05) is 72.8 Å². The van der Waals surface area contributed by atoms with Gasteiger partial charge in [0.25, 0.3) is 0 Å². The standard InChI is InChI=1S/C46H52N4O9/c1-45(2,3)59-44(56)49-27-22-40(51)50-46(41(52)53,23-12-25-47-42(54)57-28-38-34-18-8-4-14-30(34)31-15-5-9-19-35(31)38)24-13-26-48-43(55)58-29-39-36-20-10-6-16-32(36)33-17-7-11-21-37(33)39/h4-11,14-21,38-39H,12-13,22-29H2,1-3H3,(H,47,54)(H,48,55)(H,49,56)(H,50,51)(H,52,53). The van der Waals surface area contributed by atoms with E-state index in [1.165, 1.54) is 0 Å². The molecule has 0 aliphatic heterocycles. The van der Waals surface area contributed by atoms with Gasteiger partial charge in [-0.25, -0.2) is 19.2 Å². The third kappa shape index (κ3) is 10.6. The molecule has 0 atom stereocenters. The summed E-state index contributed by atoms with van der Waals surface area (Å²) in [6.07, 6.45) is -1.89. The largest absolute Gasteiger partial charge is 0.480 e. The molecule has 4 aromatic carbocycles. The molecule has 0 radical (unpaired) electrons. The van der Waals surface area contributed by atoms with Crippen LogP contribution in [0.4, 0.5) is 14.4 Å². The first-order chi connectivity index (χ1) is 28.3. The number of rotatable bonds is 17. The quantitative estimate of drug-likeness (QED) is 0.0534. The average Bonchev–Trinajstić information content (AvgIpc) is 3.70. The Bertz CT molecular complexity index is 1950. The summed E-state index contributed by atoms with van der Waals surface area (Å²) in [5.74, 6) is -2.10. The smallest absolute Gasteiger partial charge is 0.407 e. The van der Waals surface area contributed by atoms with E-state index >= 15 is 0 Å². The van der Waals surface area contributed by atoms with Crippen molar-refractivity contribution in [3.63, 3.8) is 0 Å². The second kappa shape index (κ2) is 18.9. The topological polar surface area (TPSA) is 181 Å². The van der Waals surface area contributed by atoms with Gasteiger partial charge in [0, 0.05) is 37.9 Å². The van der Waals surface area contributed by atoms with E-state index < -0.39 is 41.3 Å². The van der Waals surface area contributed by atoms with Crippen molar-refractivity contribution in [3.05, 3.63) is 119 Å². The summed E-state index contributed by atoms with van der Waals surface area (Å²) in [5, 5.41) is 21.1. The number of nitrogens with one attached hydrogen (secondary N) is 4. The maximum absolute atomic E-state index is 13.1. The minimum Gasteiger partial charge on any atom is -0.480 e. The molecule has 6 rings (SSSR count). The third-order valence-corrected chi connectivity index (χ3v) is 10.6. The van der Waals surface area contributed by atoms with Gasteiger partial charge in [-0.2, -0.15) is 0 Å². The van der Waals surface area contributed by atoms with Crippen molar-refractivity contribution in [1.29, 1.82) is 0 Å². The highest BCUT2D eigenvalue weighted by Crippen LogP contribution is 2.45. The summed E-state index contributed by atoms with van der Waals surface area (Å²) in [4.78, 5) is 63.8. The Morgan fingerprint density at radius 3 is 1.31 bits per heavy atom. The first-order valence-electron chi connectivity index (χ1n) is 20.0.